The average Bonchev–Trinajstić information content (AvgIpc) is 2.53. The molecule has 0 heterocycles. The summed E-state index contributed by atoms with van der Waals surface area (Å²) >= 11 is 0. The van der Waals surface area contributed by atoms with Crippen molar-refractivity contribution in [3.05, 3.63) is 66.2 Å². The SMILES string of the molecule is CN(C(=O)N[C@H](C(=O)O)c1ccccc1)c1ccccc1. The molecule has 2 aromatic rings. The van der Waals surface area contributed by atoms with Crippen LogP contribution in [0.15, 0.2) is 60.7 Å². The van der Waals surface area contributed by atoms with Gasteiger partial charge in [0, 0.05) is 12.7 Å². The van der Waals surface area contributed by atoms with Gasteiger partial charge in [0.15, 0.2) is 6.04 Å². The maximum Gasteiger partial charge on any atom is 0.330 e. The van der Waals surface area contributed by atoms with E-state index >= 15 is 0 Å². The van der Waals surface area contributed by atoms with E-state index in [1.54, 1.807) is 49.5 Å². The molecule has 5 heteroatoms. The van der Waals surface area contributed by atoms with Crippen LogP contribution in [0, 0.1) is 0 Å². The highest BCUT2D eigenvalue weighted by molar-refractivity contribution is 5.94. The normalized spacial score (nSPS) is 11.5. The number of hydrogen-bond acceptors (Lipinski definition) is 2. The quantitative estimate of drug-likeness (QED) is 0.906. The average molecular weight is 284 g/mol. The second kappa shape index (κ2) is 6.56. The van der Waals surface area contributed by atoms with Crippen molar-refractivity contribution < 1.29 is 14.7 Å². The molecule has 0 aromatic heterocycles. The lowest BCUT2D eigenvalue weighted by Gasteiger charge is -2.21. The Morgan fingerprint density at radius 1 is 1.00 bits per heavy atom. The van der Waals surface area contributed by atoms with Gasteiger partial charge >= 0.3 is 12.0 Å². The van der Waals surface area contributed by atoms with Crippen LogP contribution < -0.4 is 10.2 Å². The van der Waals surface area contributed by atoms with Crippen molar-refractivity contribution in [3.8, 4) is 0 Å². The molecule has 0 bridgehead atoms. The molecule has 21 heavy (non-hydrogen) atoms. The van der Waals surface area contributed by atoms with Crippen molar-refractivity contribution in [2.75, 3.05) is 11.9 Å². The van der Waals surface area contributed by atoms with Crippen LogP contribution in [-0.2, 0) is 4.79 Å². The number of nitrogens with one attached hydrogen (secondary N) is 1. The lowest BCUT2D eigenvalue weighted by molar-refractivity contribution is -0.139. The topological polar surface area (TPSA) is 69.6 Å². The van der Waals surface area contributed by atoms with Crippen LogP contribution in [0.2, 0.25) is 0 Å². The number of urea groups is 1. The lowest BCUT2D eigenvalue weighted by Crippen LogP contribution is -2.42. The van der Waals surface area contributed by atoms with Crippen molar-refractivity contribution in [2.24, 2.45) is 0 Å². The molecule has 1 atom stereocenters. The van der Waals surface area contributed by atoms with Crippen molar-refractivity contribution in [1.29, 1.82) is 0 Å². The van der Waals surface area contributed by atoms with E-state index in [1.807, 2.05) is 18.2 Å². The number of carbonyl (C=O) groups excluding carboxylic acids is 1. The fourth-order valence-corrected chi connectivity index (χ4v) is 1.92. The van der Waals surface area contributed by atoms with E-state index in [2.05, 4.69) is 5.32 Å². The fourth-order valence-electron chi connectivity index (χ4n) is 1.92. The number of benzene rings is 2. The van der Waals surface area contributed by atoms with E-state index in [1.165, 1.54) is 4.90 Å². The number of carboxylic acids is 1. The molecule has 0 spiro atoms. The van der Waals surface area contributed by atoms with Gasteiger partial charge in [0.2, 0.25) is 0 Å². The Morgan fingerprint density at radius 2 is 1.52 bits per heavy atom. The Bertz CT molecular complexity index is 614. The van der Waals surface area contributed by atoms with Gasteiger partial charge in [0.05, 0.1) is 0 Å². The van der Waals surface area contributed by atoms with Crippen molar-refractivity contribution in [1.82, 2.24) is 5.32 Å². The van der Waals surface area contributed by atoms with Crippen LogP contribution in [-0.4, -0.2) is 24.2 Å². The van der Waals surface area contributed by atoms with Crippen LogP contribution in [0.4, 0.5) is 10.5 Å². The molecular weight excluding hydrogens is 268 g/mol. The zero-order valence-corrected chi connectivity index (χ0v) is 11.6. The van der Waals surface area contributed by atoms with E-state index in [9.17, 15) is 14.7 Å². The maximum atomic E-state index is 12.2. The number of nitrogens with zero attached hydrogens (tertiary/aromatic N) is 1. The molecule has 0 radical (unpaired) electrons. The minimum absolute atomic E-state index is 0.475. The van der Waals surface area contributed by atoms with Gasteiger partial charge in [-0.3, -0.25) is 4.90 Å². The molecule has 2 rings (SSSR count). The van der Waals surface area contributed by atoms with Crippen molar-refractivity contribution >= 4 is 17.7 Å². The van der Waals surface area contributed by atoms with Crippen molar-refractivity contribution in [2.45, 2.75) is 6.04 Å². The molecule has 0 saturated carbocycles. The van der Waals surface area contributed by atoms with Crippen molar-refractivity contribution in [3.63, 3.8) is 0 Å². The van der Waals surface area contributed by atoms with E-state index in [4.69, 9.17) is 0 Å². The Morgan fingerprint density at radius 3 is 2.05 bits per heavy atom. The minimum atomic E-state index is -1.10. The van der Waals surface area contributed by atoms with Crippen LogP contribution in [0.1, 0.15) is 11.6 Å². The molecule has 2 amide bonds. The molecule has 0 aliphatic carbocycles. The summed E-state index contributed by atoms with van der Waals surface area (Å²) in [5.41, 5.74) is 1.21. The Hall–Kier alpha value is -2.82. The zero-order chi connectivity index (χ0) is 15.2. The van der Waals surface area contributed by atoms with Crippen LogP contribution in [0.3, 0.4) is 0 Å². The number of carboxylic acid groups (broad SMARTS) is 1. The smallest absolute Gasteiger partial charge is 0.330 e. The van der Waals surface area contributed by atoms with Gasteiger partial charge in [0.1, 0.15) is 0 Å². The first-order valence-electron chi connectivity index (χ1n) is 6.46. The minimum Gasteiger partial charge on any atom is -0.479 e. The van der Waals surface area contributed by atoms with Crippen LogP contribution in [0.25, 0.3) is 0 Å². The highest BCUT2D eigenvalue weighted by Crippen LogP contribution is 2.15. The number of hydrogen-bond donors (Lipinski definition) is 2. The first-order valence-corrected chi connectivity index (χ1v) is 6.46. The number of para-hydroxylation sites is 1. The van der Waals surface area contributed by atoms with Gasteiger partial charge in [0.25, 0.3) is 0 Å². The highest BCUT2D eigenvalue weighted by atomic mass is 16.4. The van der Waals surface area contributed by atoms with E-state index < -0.39 is 18.0 Å². The third-order valence-corrected chi connectivity index (χ3v) is 3.10. The fraction of sp³-hybridized carbons (Fsp3) is 0.125. The first kappa shape index (κ1) is 14.6. The van der Waals surface area contributed by atoms with E-state index in [-0.39, 0.29) is 0 Å². The van der Waals surface area contributed by atoms with Gasteiger partial charge in [-0.05, 0) is 17.7 Å². The predicted octanol–water partition coefficient (Wildman–Crippen LogP) is 2.66. The second-order valence-electron chi connectivity index (χ2n) is 4.53. The molecule has 2 aromatic carbocycles. The van der Waals surface area contributed by atoms with E-state index in [0.29, 0.717) is 11.3 Å². The summed E-state index contributed by atoms with van der Waals surface area (Å²) in [4.78, 5) is 24.9. The Balaban J connectivity index is 2.14. The molecule has 0 fully saturated rings. The summed E-state index contributed by atoms with van der Waals surface area (Å²) in [5.74, 6) is -1.10. The molecule has 0 saturated heterocycles. The summed E-state index contributed by atoms with van der Waals surface area (Å²) < 4.78 is 0. The summed E-state index contributed by atoms with van der Waals surface area (Å²) in [5, 5.41) is 11.8. The number of carbonyl (C=O) groups is 2. The molecule has 5 nitrogen and oxygen atoms in total. The molecule has 2 N–H and O–H groups in total. The third kappa shape index (κ3) is 3.60. The monoisotopic (exact) mass is 284 g/mol. The molecule has 0 aliphatic heterocycles. The number of rotatable bonds is 4. The lowest BCUT2D eigenvalue weighted by atomic mass is 10.1. The van der Waals surface area contributed by atoms with Gasteiger partial charge in [-0.1, -0.05) is 48.5 Å². The largest absolute Gasteiger partial charge is 0.479 e. The Kier molecular flexibility index (Phi) is 4.56. The Labute approximate surface area is 122 Å². The molecule has 108 valence electrons. The van der Waals surface area contributed by atoms with Gasteiger partial charge in [-0.15, -0.1) is 0 Å². The number of anilines is 1. The predicted molar refractivity (Wildman–Crippen MR) is 80.2 cm³/mol. The number of aliphatic carboxylic acids is 1. The summed E-state index contributed by atoms with van der Waals surface area (Å²) in [6, 6.07) is 16.1. The van der Waals surface area contributed by atoms with Gasteiger partial charge in [-0.25, -0.2) is 9.59 Å². The zero-order valence-electron chi connectivity index (χ0n) is 11.6. The summed E-state index contributed by atoms with van der Waals surface area (Å²) in [6.07, 6.45) is 0. The van der Waals surface area contributed by atoms with Gasteiger partial charge in [-0.2, -0.15) is 0 Å². The summed E-state index contributed by atoms with van der Waals surface area (Å²) in [6.45, 7) is 0. The standard InChI is InChI=1S/C16H16N2O3/c1-18(13-10-6-3-7-11-13)16(21)17-14(15(19)20)12-8-4-2-5-9-12/h2-11,14H,1H3,(H,17,21)(H,19,20)/t14-/m0/s1. The second-order valence-corrected chi connectivity index (χ2v) is 4.53. The molecule has 0 unspecified atom stereocenters. The number of amides is 2. The molecule has 0 aliphatic rings. The third-order valence-electron chi connectivity index (χ3n) is 3.10. The first-order chi connectivity index (χ1) is 10.1. The maximum absolute atomic E-state index is 12.2. The van der Waals surface area contributed by atoms with Crippen LogP contribution in [0.5, 0.6) is 0 Å². The van der Waals surface area contributed by atoms with Crippen LogP contribution >= 0.6 is 0 Å². The summed E-state index contributed by atoms with van der Waals surface area (Å²) in [7, 11) is 1.59. The van der Waals surface area contributed by atoms with E-state index in [0.717, 1.165) is 0 Å². The molecular formula is C16H16N2O3. The highest BCUT2D eigenvalue weighted by Gasteiger charge is 2.23. The van der Waals surface area contributed by atoms with Gasteiger partial charge < -0.3 is 10.4 Å².